The lowest BCUT2D eigenvalue weighted by Gasteiger charge is -2.37. The highest BCUT2D eigenvalue weighted by Crippen LogP contribution is 2.43. The predicted molar refractivity (Wildman–Crippen MR) is 175 cm³/mol. The van der Waals surface area contributed by atoms with E-state index in [1.807, 2.05) is 0 Å². The topological polar surface area (TPSA) is 24.1 Å². The normalized spacial score (nSPS) is 12.8. The second-order valence-electron chi connectivity index (χ2n) is 12.4. The van der Waals surface area contributed by atoms with Crippen LogP contribution in [0.4, 0.5) is 11.4 Å². The highest BCUT2D eigenvalue weighted by Gasteiger charge is 2.31. The fraction of sp³-hybridized carbons (Fsp3) is 0.368. The van der Waals surface area contributed by atoms with E-state index in [2.05, 4.69) is 142 Å². The van der Waals surface area contributed by atoms with Crippen LogP contribution in [0.1, 0.15) is 90.0 Å². The molecule has 0 radical (unpaired) electrons. The molecule has 4 aromatic rings. The molecule has 2 heteroatoms. The molecule has 2 nitrogen and oxygen atoms in total. The monoisotopic (exact) mass is 532 g/mol. The Morgan fingerprint density at radius 2 is 0.525 bits per heavy atom. The molecule has 0 saturated carbocycles. The van der Waals surface area contributed by atoms with Crippen molar-refractivity contribution in [3.63, 3.8) is 0 Å². The van der Waals surface area contributed by atoms with E-state index in [9.17, 15) is 0 Å². The van der Waals surface area contributed by atoms with Crippen LogP contribution >= 0.6 is 0 Å². The van der Waals surface area contributed by atoms with Crippen molar-refractivity contribution in [3.05, 3.63) is 126 Å². The third kappa shape index (κ3) is 5.97. The average molecular weight is 533 g/mol. The van der Waals surface area contributed by atoms with Crippen molar-refractivity contribution < 1.29 is 0 Å². The van der Waals surface area contributed by atoms with Crippen LogP contribution < -0.4 is 10.6 Å². The number of hydrogen-bond acceptors (Lipinski definition) is 2. The van der Waals surface area contributed by atoms with Gasteiger partial charge in [0.1, 0.15) is 0 Å². The molecule has 2 unspecified atom stereocenters. The Labute approximate surface area is 243 Å². The van der Waals surface area contributed by atoms with Gasteiger partial charge in [-0.1, -0.05) is 70.8 Å². The number of rotatable bonds is 7. The molecule has 0 aliphatic carbocycles. The predicted octanol–water partition coefficient (Wildman–Crippen LogP) is 10.4. The molecular formula is C38H48N2. The van der Waals surface area contributed by atoms with Crippen molar-refractivity contribution in [3.8, 4) is 0 Å². The minimum absolute atomic E-state index is 0.000848. The molecule has 0 aliphatic rings. The van der Waals surface area contributed by atoms with Gasteiger partial charge in [-0.25, -0.2) is 0 Å². The van der Waals surface area contributed by atoms with Crippen LogP contribution in [0, 0.1) is 83.1 Å². The molecule has 0 saturated heterocycles. The molecule has 0 aromatic heterocycles. The maximum atomic E-state index is 4.14. The molecule has 210 valence electrons. The first-order valence-corrected chi connectivity index (χ1v) is 14.6. The summed E-state index contributed by atoms with van der Waals surface area (Å²) in [6, 6.07) is 18.5. The number of benzene rings is 4. The van der Waals surface area contributed by atoms with E-state index in [0.717, 1.165) is 0 Å². The van der Waals surface area contributed by atoms with Crippen LogP contribution in [0.5, 0.6) is 0 Å². The SMILES string of the molecule is Cc1cc(C)c(NC(c2c(C)cc(C)cc2C)C(Nc2c(C)cc(C)cc2C)c2c(C)cc(C)cc2C)c(C)c1. The molecule has 2 N–H and O–H groups in total. The lowest BCUT2D eigenvalue weighted by molar-refractivity contribution is 0.634. The first-order chi connectivity index (χ1) is 18.8. The average Bonchev–Trinajstić information content (AvgIpc) is 2.80. The van der Waals surface area contributed by atoms with Crippen LogP contribution in [-0.4, -0.2) is 0 Å². The first kappa shape index (κ1) is 29.5. The van der Waals surface area contributed by atoms with Crippen LogP contribution in [0.15, 0.2) is 48.5 Å². The van der Waals surface area contributed by atoms with E-state index >= 15 is 0 Å². The van der Waals surface area contributed by atoms with Crippen molar-refractivity contribution in [2.75, 3.05) is 10.6 Å². The van der Waals surface area contributed by atoms with Crippen LogP contribution in [0.25, 0.3) is 0 Å². The fourth-order valence-corrected chi connectivity index (χ4v) is 7.13. The Morgan fingerprint density at radius 1 is 0.325 bits per heavy atom. The summed E-state index contributed by atoms with van der Waals surface area (Å²) in [6.07, 6.45) is 0. The summed E-state index contributed by atoms with van der Waals surface area (Å²) in [5.74, 6) is 0. The van der Waals surface area contributed by atoms with Gasteiger partial charge in [0.2, 0.25) is 0 Å². The van der Waals surface area contributed by atoms with E-state index in [4.69, 9.17) is 0 Å². The van der Waals surface area contributed by atoms with E-state index in [1.54, 1.807) is 0 Å². The zero-order valence-electron chi connectivity index (χ0n) is 26.8. The van der Waals surface area contributed by atoms with Crippen LogP contribution in [0.3, 0.4) is 0 Å². The van der Waals surface area contributed by atoms with E-state index in [0.29, 0.717) is 0 Å². The third-order valence-corrected chi connectivity index (χ3v) is 8.39. The fourth-order valence-electron chi connectivity index (χ4n) is 7.13. The molecule has 4 aromatic carbocycles. The molecule has 0 amide bonds. The number of anilines is 2. The highest BCUT2D eigenvalue weighted by molar-refractivity contribution is 5.64. The minimum atomic E-state index is 0.000848. The first-order valence-electron chi connectivity index (χ1n) is 14.6. The largest absolute Gasteiger partial charge is 0.375 e. The molecule has 4 rings (SSSR count). The summed E-state index contributed by atoms with van der Waals surface area (Å²) in [5, 5.41) is 8.27. The van der Waals surface area contributed by atoms with Crippen molar-refractivity contribution in [1.82, 2.24) is 0 Å². The highest BCUT2D eigenvalue weighted by atomic mass is 15.0. The Bertz CT molecular complexity index is 1360. The Balaban J connectivity index is 2.04. The van der Waals surface area contributed by atoms with Gasteiger partial charge in [0.05, 0.1) is 12.1 Å². The van der Waals surface area contributed by atoms with E-state index < -0.39 is 0 Å². The zero-order valence-corrected chi connectivity index (χ0v) is 26.8. The molecule has 0 bridgehead atoms. The molecule has 0 aliphatic heterocycles. The Morgan fingerprint density at radius 3 is 0.750 bits per heavy atom. The summed E-state index contributed by atoms with van der Waals surface area (Å²) in [6.45, 7) is 26.8. The minimum Gasteiger partial charge on any atom is -0.375 e. The second-order valence-corrected chi connectivity index (χ2v) is 12.4. The summed E-state index contributed by atoms with van der Waals surface area (Å²) in [4.78, 5) is 0. The zero-order chi connectivity index (χ0) is 29.5. The number of hydrogen-bond donors (Lipinski definition) is 2. The van der Waals surface area contributed by atoms with Gasteiger partial charge in [-0.05, 0) is 139 Å². The molecule has 0 fully saturated rings. The van der Waals surface area contributed by atoms with Crippen molar-refractivity contribution in [1.29, 1.82) is 0 Å². The van der Waals surface area contributed by atoms with Crippen molar-refractivity contribution in [2.24, 2.45) is 0 Å². The standard InChI is InChI=1S/C38H48N2/c1-21-13-25(5)33(26(6)14-21)37(39-35-29(9)17-23(3)18-30(35)10)38(34-27(7)15-22(2)16-28(34)8)40-36-31(11)19-24(4)20-32(36)12/h13-20,37-40H,1-12H3. The molecule has 40 heavy (non-hydrogen) atoms. The van der Waals surface area contributed by atoms with Gasteiger partial charge in [-0.15, -0.1) is 0 Å². The van der Waals surface area contributed by atoms with Gasteiger partial charge in [0.15, 0.2) is 0 Å². The Kier molecular flexibility index (Phi) is 8.49. The molecular weight excluding hydrogens is 484 g/mol. The number of aryl methyl sites for hydroxylation is 12. The van der Waals surface area contributed by atoms with Gasteiger partial charge < -0.3 is 10.6 Å². The summed E-state index contributed by atoms with van der Waals surface area (Å²) in [7, 11) is 0. The van der Waals surface area contributed by atoms with Gasteiger partial charge in [0, 0.05) is 11.4 Å². The second kappa shape index (κ2) is 11.5. The quantitative estimate of drug-likeness (QED) is 0.247. The van der Waals surface area contributed by atoms with E-state index in [-0.39, 0.29) is 12.1 Å². The third-order valence-electron chi connectivity index (χ3n) is 8.39. The van der Waals surface area contributed by atoms with Crippen LogP contribution in [0.2, 0.25) is 0 Å². The summed E-state index contributed by atoms with van der Waals surface area (Å²) < 4.78 is 0. The lowest BCUT2D eigenvalue weighted by Crippen LogP contribution is -2.29. The van der Waals surface area contributed by atoms with Crippen LogP contribution in [-0.2, 0) is 0 Å². The maximum absolute atomic E-state index is 4.14. The smallest absolute Gasteiger partial charge is 0.0762 e. The van der Waals surface area contributed by atoms with Gasteiger partial charge >= 0.3 is 0 Å². The van der Waals surface area contributed by atoms with Gasteiger partial charge in [-0.3, -0.25) is 0 Å². The molecule has 2 atom stereocenters. The van der Waals surface area contributed by atoms with Crippen molar-refractivity contribution >= 4 is 11.4 Å². The molecule has 0 spiro atoms. The number of nitrogens with one attached hydrogen (secondary N) is 2. The van der Waals surface area contributed by atoms with Crippen molar-refractivity contribution in [2.45, 2.75) is 95.2 Å². The maximum Gasteiger partial charge on any atom is 0.0762 e. The summed E-state index contributed by atoms with van der Waals surface area (Å²) in [5.41, 5.74) is 20.8. The van der Waals surface area contributed by atoms with Gasteiger partial charge in [0.25, 0.3) is 0 Å². The Hall–Kier alpha value is -3.52. The summed E-state index contributed by atoms with van der Waals surface area (Å²) >= 11 is 0. The van der Waals surface area contributed by atoms with Gasteiger partial charge in [-0.2, -0.15) is 0 Å². The molecule has 0 heterocycles. The van der Waals surface area contributed by atoms with E-state index in [1.165, 1.54) is 89.3 Å². The lowest BCUT2D eigenvalue weighted by atomic mass is 9.82.